The summed E-state index contributed by atoms with van der Waals surface area (Å²) in [5.41, 5.74) is -2.66. The zero-order valence-electron chi connectivity index (χ0n) is 17.9. The first-order valence-electron chi connectivity index (χ1n) is 10.5. The standard InChI is InChI=1S/C22H34O7/c1-13-15-6-10-22(5,29-19(13)25)18(27-14(2)23)7-9-20(3,26)17-8-11-21(4,28-17)16(24)12-15/h15-18,24,26H,1,6-12H2,2-5H3/t15-,16+,17+,18-,20-,21-,22-/m1/s1. The maximum absolute atomic E-state index is 12.7. The lowest BCUT2D eigenvalue weighted by molar-refractivity contribution is -0.186. The Balaban J connectivity index is 2.00. The molecule has 3 aliphatic heterocycles. The average molecular weight is 411 g/mol. The van der Waals surface area contributed by atoms with Gasteiger partial charge in [-0.1, -0.05) is 6.58 Å². The molecule has 0 aromatic heterocycles. The van der Waals surface area contributed by atoms with Crippen LogP contribution < -0.4 is 0 Å². The molecule has 2 N–H and O–H groups in total. The normalized spacial score (nSPS) is 46.1. The van der Waals surface area contributed by atoms with Gasteiger partial charge in [0.1, 0.15) is 11.7 Å². The van der Waals surface area contributed by atoms with E-state index in [9.17, 15) is 19.8 Å². The Morgan fingerprint density at radius 1 is 1.14 bits per heavy atom. The van der Waals surface area contributed by atoms with E-state index in [1.807, 2.05) is 6.92 Å². The van der Waals surface area contributed by atoms with Crippen molar-refractivity contribution in [1.29, 1.82) is 0 Å². The number of fused-ring (bicyclic) bond motifs is 5. The molecule has 0 aliphatic carbocycles. The van der Waals surface area contributed by atoms with E-state index in [-0.39, 0.29) is 5.92 Å². The molecule has 0 unspecified atom stereocenters. The molecule has 29 heavy (non-hydrogen) atoms. The Labute approximate surface area is 172 Å². The topological polar surface area (TPSA) is 102 Å². The molecular formula is C22H34O7. The van der Waals surface area contributed by atoms with E-state index in [4.69, 9.17) is 14.2 Å². The lowest BCUT2D eigenvalue weighted by Crippen LogP contribution is -2.48. The number of rotatable bonds is 1. The van der Waals surface area contributed by atoms with E-state index in [0.29, 0.717) is 50.5 Å². The molecule has 4 bridgehead atoms. The van der Waals surface area contributed by atoms with Gasteiger partial charge in [-0.25, -0.2) is 4.79 Å². The molecule has 3 saturated heterocycles. The fourth-order valence-electron chi connectivity index (χ4n) is 4.95. The van der Waals surface area contributed by atoms with Crippen molar-refractivity contribution in [1.82, 2.24) is 0 Å². The van der Waals surface area contributed by atoms with Gasteiger partial charge in [0.15, 0.2) is 0 Å². The van der Waals surface area contributed by atoms with Crippen molar-refractivity contribution < 1.29 is 34.0 Å². The summed E-state index contributed by atoms with van der Waals surface area (Å²) < 4.78 is 17.5. The highest BCUT2D eigenvalue weighted by Gasteiger charge is 2.51. The van der Waals surface area contributed by atoms with Gasteiger partial charge in [0.2, 0.25) is 0 Å². The molecule has 3 fully saturated rings. The van der Waals surface area contributed by atoms with Crippen LogP contribution in [0.25, 0.3) is 0 Å². The van der Waals surface area contributed by atoms with Crippen LogP contribution in [0.15, 0.2) is 12.2 Å². The van der Waals surface area contributed by atoms with Crippen molar-refractivity contribution in [2.45, 2.75) is 108 Å². The first-order valence-corrected chi connectivity index (χ1v) is 10.5. The first kappa shape index (κ1) is 22.2. The lowest BCUT2D eigenvalue weighted by Gasteiger charge is -2.38. The van der Waals surface area contributed by atoms with Gasteiger partial charge in [-0.3, -0.25) is 4.79 Å². The molecule has 164 valence electrons. The summed E-state index contributed by atoms with van der Waals surface area (Å²) in [5.74, 6) is -1.24. The van der Waals surface area contributed by atoms with Crippen LogP contribution >= 0.6 is 0 Å². The zero-order valence-corrected chi connectivity index (χ0v) is 17.9. The van der Waals surface area contributed by atoms with Gasteiger partial charge in [-0.15, -0.1) is 0 Å². The Morgan fingerprint density at radius 2 is 1.79 bits per heavy atom. The van der Waals surface area contributed by atoms with E-state index < -0.39 is 47.1 Å². The lowest BCUT2D eigenvalue weighted by atomic mass is 9.79. The predicted molar refractivity (Wildman–Crippen MR) is 105 cm³/mol. The molecule has 7 atom stereocenters. The van der Waals surface area contributed by atoms with Crippen LogP contribution in [0, 0.1) is 5.92 Å². The van der Waals surface area contributed by atoms with Crippen LogP contribution in [0.4, 0.5) is 0 Å². The second-order valence-electron chi connectivity index (χ2n) is 9.67. The van der Waals surface area contributed by atoms with Crippen LogP contribution in [-0.4, -0.2) is 57.3 Å². The van der Waals surface area contributed by atoms with Crippen molar-refractivity contribution >= 4 is 11.9 Å². The van der Waals surface area contributed by atoms with Crippen LogP contribution in [-0.2, 0) is 23.8 Å². The minimum atomic E-state index is -1.16. The van der Waals surface area contributed by atoms with E-state index in [2.05, 4.69) is 6.58 Å². The molecule has 7 nitrogen and oxygen atoms in total. The molecule has 3 rings (SSSR count). The number of carbonyl (C=O) groups is 2. The minimum Gasteiger partial charge on any atom is -0.458 e. The fraction of sp³-hybridized carbons (Fsp3) is 0.818. The van der Waals surface area contributed by atoms with Crippen LogP contribution in [0.3, 0.4) is 0 Å². The smallest absolute Gasteiger partial charge is 0.334 e. The van der Waals surface area contributed by atoms with Crippen LogP contribution in [0.2, 0.25) is 0 Å². The first-order chi connectivity index (χ1) is 13.4. The summed E-state index contributed by atoms with van der Waals surface area (Å²) in [7, 11) is 0. The van der Waals surface area contributed by atoms with Crippen molar-refractivity contribution in [3.8, 4) is 0 Å². The van der Waals surface area contributed by atoms with Crippen molar-refractivity contribution in [2.75, 3.05) is 0 Å². The zero-order chi connectivity index (χ0) is 21.6. The van der Waals surface area contributed by atoms with E-state index in [1.165, 1.54) is 6.92 Å². The fourth-order valence-corrected chi connectivity index (χ4v) is 4.95. The quantitative estimate of drug-likeness (QED) is 0.505. The van der Waals surface area contributed by atoms with Gasteiger partial charge >= 0.3 is 11.9 Å². The van der Waals surface area contributed by atoms with Crippen molar-refractivity contribution in [3.63, 3.8) is 0 Å². The molecule has 7 heteroatoms. The SMILES string of the molecule is C=C1C(=O)O[C@]2(C)CC[C@@H]1C[C@H](O)[C@@]1(C)CC[C@H](O1)[C@](C)(O)CC[C@H]2OC(C)=O. The number of ether oxygens (including phenoxy) is 3. The van der Waals surface area contributed by atoms with Gasteiger partial charge in [-0.2, -0.15) is 0 Å². The largest absolute Gasteiger partial charge is 0.458 e. The molecule has 3 heterocycles. The summed E-state index contributed by atoms with van der Waals surface area (Å²) in [6, 6.07) is 0. The highest BCUT2D eigenvalue weighted by Crippen LogP contribution is 2.44. The molecule has 0 aromatic rings. The average Bonchev–Trinajstić information content (AvgIpc) is 3.00. The summed E-state index contributed by atoms with van der Waals surface area (Å²) in [6.45, 7) is 10.6. The van der Waals surface area contributed by atoms with Crippen LogP contribution in [0.1, 0.15) is 72.6 Å². The van der Waals surface area contributed by atoms with Gasteiger partial charge in [-0.05, 0) is 71.6 Å². The monoisotopic (exact) mass is 410 g/mol. The maximum atomic E-state index is 12.7. The Morgan fingerprint density at radius 3 is 2.45 bits per heavy atom. The Hall–Kier alpha value is -1.44. The molecule has 0 aromatic carbocycles. The summed E-state index contributed by atoms with van der Waals surface area (Å²) in [4.78, 5) is 24.5. The number of esters is 2. The molecular weight excluding hydrogens is 376 g/mol. The third-order valence-electron chi connectivity index (χ3n) is 7.19. The molecule has 0 saturated carbocycles. The van der Waals surface area contributed by atoms with Crippen molar-refractivity contribution in [3.05, 3.63) is 12.2 Å². The highest BCUT2D eigenvalue weighted by atomic mass is 16.6. The highest BCUT2D eigenvalue weighted by molar-refractivity contribution is 5.89. The Bertz CT molecular complexity index is 687. The van der Waals surface area contributed by atoms with E-state index >= 15 is 0 Å². The predicted octanol–water partition coefficient (Wildman–Crippen LogP) is 2.42. The minimum absolute atomic E-state index is 0.252. The second kappa shape index (κ2) is 7.67. The number of hydrogen-bond donors (Lipinski definition) is 2. The second-order valence-corrected chi connectivity index (χ2v) is 9.67. The molecule has 0 spiro atoms. The van der Waals surface area contributed by atoms with Gasteiger partial charge in [0, 0.05) is 12.5 Å². The Kier molecular flexibility index (Phi) is 5.89. The number of aliphatic hydroxyl groups is 2. The number of hydrogen-bond acceptors (Lipinski definition) is 7. The maximum Gasteiger partial charge on any atom is 0.334 e. The van der Waals surface area contributed by atoms with Gasteiger partial charge in [0.05, 0.1) is 23.4 Å². The van der Waals surface area contributed by atoms with Gasteiger partial charge < -0.3 is 24.4 Å². The van der Waals surface area contributed by atoms with E-state index in [0.717, 1.165) is 0 Å². The third-order valence-corrected chi connectivity index (χ3v) is 7.19. The number of carbonyl (C=O) groups excluding carboxylic acids is 2. The van der Waals surface area contributed by atoms with E-state index in [1.54, 1.807) is 13.8 Å². The summed E-state index contributed by atoms with van der Waals surface area (Å²) in [5, 5.41) is 22.1. The van der Waals surface area contributed by atoms with Gasteiger partial charge in [0.25, 0.3) is 0 Å². The summed E-state index contributed by atoms with van der Waals surface area (Å²) in [6.07, 6.45) is 1.31. The van der Waals surface area contributed by atoms with Crippen molar-refractivity contribution in [2.24, 2.45) is 5.92 Å². The summed E-state index contributed by atoms with van der Waals surface area (Å²) >= 11 is 0. The molecule has 0 radical (unpaired) electrons. The molecule has 3 aliphatic rings. The number of aliphatic hydroxyl groups excluding tert-OH is 1. The molecule has 0 amide bonds. The van der Waals surface area contributed by atoms with Crippen LogP contribution in [0.5, 0.6) is 0 Å². The third kappa shape index (κ3) is 4.37.